The predicted molar refractivity (Wildman–Crippen MR) is 70.3 cm³/mol. The topological polar surface area (TPSA) is 55.8 Å². The zero-order valence-corrected chi connectivity index (χ0v) is 11.1. The average Bonchev–Trinajstić information content (AvgIpc) is 2.41. The van der Waals surface area contributed by atoms with Crippen LogP contribution in [0.4, 0.5) is 0 Å². The minimum absolute atomic E-state index is 0.210. The molecule has 0 saturated carbocycles. The number of carbonyl (C=O) groups excluding carboxylic acids is 1. The van der Waals surface area contributed by atoms with Crippen molar-refractivity contribution in [3.8, 4) is 0 Å². The third-order valence-corrected chi connectivity index (χ3v) is 4.00. The first kappa shape index (κ1) is 13.8. The van der Waals surface area contributed by atoms with E-state index in [4.69, 9.17) is 5.11 Å². The molecule has 0 aromatic heterocycles. The van der Waals surface area contributed by atoms with Crippen molar-refractivity contribution in [1.29, 1.82) is 0 Å². The van der Waals surface area contributed by atoms with Crippen LogP contribution in [-0.4, -0.2) is 73.2 Å². The van der Waals surface area contributed by atoms with E-state index in [2.05, 4.69) is 10.2 Å². The highest BCUT2D eigenvalue weighted by molar-refractivity contribution is 5.76. The monoisotopic (exact) mass is 255 g/mol. The number of rotatable bonds is 4. The molecule has 0 aliphatic carbocycles. The smallest absolute Gasteiger partial charge is 0.222 e. The lowest BCUT2D eigenvalue weighted by Gasteiger charge is -2.35. The standard InChI is InChI=1S/C13H25N3O2/c17-9-8-15-4-6-16(7-5-15)13(18)10-12-2-1-3-14-11-12/h12,14,17H,1-11H2. The van der Waals surface area contributed by atoms with Crippen LogP contribution in [0.15, 0.2) is 0 Å². The van der Waals surface area contributed by atoms with Gasteiger partial charge < -0.3 is 15.3 Å². The Morgan fingerprint density at radius 3 is 2.67 bits per heavy atom. The number of piperidine rings is 1. The van der Waals surface area contributed by atoms with Gasteiger partial charge in [-0.3, -0.25) is 9.69 Å². The van der Waals surface area contributed by atoms with Crippen LogP contribution in [0.2, 0.25) is 0 Å². The van der Waals surface area contributed by atoms with Crippen molar-refractivity contribution < 1.29 is 9.90 Å². The summed E-state index contributed by atoms with van der Waals surface area (Å²) in [5.41, 5.74) is 0. The first-order valence-electron chi connectivity index (χ1n) is 7.11. The molecule has 18 heavy (non-hydrogen) atoms. The van der Waals surface area contributed by atoms with E-state index >= 15 is 0 Å². The summed E-state index contributed by atoms with van der Waals surface area (Å²) in [5.74, 6) is 0.842. The molecule has 0 spiro atoms. The van der Waals surface area contributed by atoms with Gasteiger partial charge in [0.1, 0.15) is 0 Å². The molecule has 1 amide bonds. The number of β-amino-alcohol motifs (C(OH)–C–C–N with tert-alkyl or cyclic N) is 1. The number of piperazine rings is 1. The average molecular weight is 255 g/mol. The maximum absolute atomic E-state index is 12.2. The summed E-state index contributed by atoms with van der Waals surface area (Å²) >= 11 is 0. The molecule has 2 aliphatic heterocycles. The maximum Gasteiger partial charge on any atom is 0.222 e. The van der Waals surface area contributed by atoms with E-state index in [0.29, 0.717) is 18.2 Å². The lowest BCUT2D eigenvalue weighted by atomic mass is 9.95. The lowest BCUT2D eigenvalue weighted by Crippen LogP contribution is -2.50. The lowest BCUT2D eigenvalue weighted by molar-refractivity contribution is -0.134. The zero-order chi connectivity index (χ0) is 12.8. The molecular weight excluding hydrogens is 230 g/mol. The number of nitrogens with zero attached hydrogens (tertiary/aromatic N) is 2. The number of carbonyl (C=O) groups is 1. The van der Waals surface area contributed by atoms with Gasteiger partial charge in [0.2, 0.25) is 5.91 Å². The Balaban J connectivity index is 1.70. The highest BCUT2D eigenvalue weighted by Crippen LogP contribution is 2.16. The van der Waals surface area contributed by atoms with Crippen LogP contribution in [0.3, 0.4) is 0 Å². The Bertz CT molecular complexity index is 259. The summed E-state index contributed by atoms with van der Waals surface area (Å²) in [6, 6.07) is 0. The first-order chi connectivity index (χ1) is 8.79. The minimum Gasteiger partial charge on any atom is -0.395 e. The first-order valence-corrected chi connectivity index (χ1v) is 7.11. The molecule has 2 fully saturated rings. The molecule has 0 radical (unpaired) electrons. The Hall–Kier alpha value is -0.650. The van der Waals surface area contributed by atoms with E-state index in [9.17, 15) is 4.79 Å². The normalized spacial score (nSPS) is 26.3. The number of nitrogens with one attached hydrogen (secondary N) is 1. The van der Waals surface area contributed by atoms with Gasteiger partial charge in [-0.25, -0.2) is 0 Å². The van der Waals surface area contributed by atoms with E-state index in [1.807, 2.05) is 4.90 Å². The van der Waals surface area contributed by atoms with Crippen molar-refractivity contribution in [3.63, 3.8) is 0 Å². The van der Waals surface area contributed by atoms with E-state index in [-0.39, 0.29) is 6.61 Å². The second-order valence-corrected chi connectivity index (χ2v) is 5.36. The van der Waals surface area contributed by atoms with Crippen LogP contribution in [0.25, 0.3) is 0 Å². The van der Waals surface area contributed by atoms with Gasteiger partial charge in [0, 0.05) is 39.1 Å². The fourth-order valence-electron chi connectivity index (χ4n) is 2.84. The Morgan fingerprint density at radius 1 is 1.28 bits per heavy atom. The second kappa shape index (κ2) is 7.07. The molecule has 2 heterocycles. The van der Waals surface area contributed by atoms with Gasteiger partial charge in [0.25, 0.3) is 0 Å². The predicted octanol–water partition coefficient (Wildman–Crippen LogP) is -0.487. The number of hydrogen-bond donors (Lipinski definition) is 2. The van der Waals surface area contributed by atoms with Crippen molar-refractivity contribution >= 4 is 5.91 Å². The number of aliphatic hydroxyl groups is 1. The third-order valence-electron chi connectivity index (χ3n) is 4.00. The van der Waals surface area contributed by atoms with E-state index in [1.165, 1.54) is 12.8 Å². The van der Waals surface area contributed by atoms with Gasteiger partial charge >= 0.3 is 0 Å². The zero-order valence-electron chi connectivity index (χ0n) is 11.1. The van der Waals surface area contributed by atoms with Gasteiger partial charge in [-0.05, 0) is 31.8 Å². The number of aliphatic hydroxyl groups excluding tert-OH is 1. The fourth-order valence-corrected chi connectivity index (χ4v) is 2.84. The van der Waals surface area contributed by atoms with Crippen LogP contribution < -0.4 is 5.32 Å². The SMILES string of the molecule is O=C(CC1CCCNC1)N1CCN(CCO)CC1. The second-order valence-electron chi connectivity index (χ2n) is 5.36. The summed E-state index contributed by atoms with van der Waals surface area (Å²) < 4.78 is 0. The highest BCUT2D eigenvalue weighted by atomic mass is 16.3. The molecule has 0 bridgehead atoms. The van der Waals surface area contributed by atoms with Crippen LogP contribution in [0, 0.1) is 5.92 Å². The summed E-state index contributed by atoms with van der Waals surface area (Å²) in [6.45, 7) is 6.47. The highest BCUT2D eigenvalue weighted by Gasteiger charge is 2.23. The van der Waals surface area contributed by atoms with Crippen molar-refractivity contribution in [3.05, 3.63) is 0 Å². The van der Waals surface area contributed by atoms with E-state index in [0.717, 1.165) is 45.8 Å². The molecule has 104 valence electrons. The fraction of sp³-hybridized carbons (Fsp3) is 0.923. The van der Waals surface area contributed by atoms with Gasteiger partial charge in [0.05, 0.1) is 6.61 Å². The van der Waals surface area contributed by atoms with E-state index < -0.39 is 0 Å². The van der Waals surface area contributed by atoms with Crippen molar-refractivity contribution in [2.24, 2.45) is 5.92 Å². The molecule has 2 aliphatic rings. The summed E-state index contributed by atoms with van der Waals surface area (Å²) in [6.07, 6.45) is 3.08. The van der Waals surface area contributed by atoms with Gasteiger partial charge in [0.15, 0.2) is 0 Å². The van der Waals surface area contributed by atoms with Gasteiger partial charge in [-0.1, -0.05) is 0 Å². The van der Waals surface area contributed by atoms with Crippen LogP contribution in [-0.2, 0) is 4.79 Å². The van der Waals surface area contributed by atoms with E-state index in [1.54, 1.807) is 0 Å². The van der Waals surface area contributed by atoms with Crippen molar-refractivity contribution in [2.75, 3.05) is 52.4 Å². The molecule has 0 aromatic carbocycles. The van der Waals surface area contributed by atoms with Crippen molar-refractivity contribution in [2.45, 2.75) is 19.3 Å². The molecular formula is C13H25N3O2. The van der Waals surface area contributed by atoms with Crippen LogP contribution in [0.5, 0.6) is 0 Å². The van der Waals surface area contributed by atoms with Gasteiger partial charge in [-0.15, -0.1) is 0 Å². The maximum atomic E-state index is 12.2. The molecule has 2 N–H and O–H groups in total. The molecule has 2 saturated heterocycles. The molecule has 0 aromatic rings. The summed E-state index contributed by atoms with van der Waals surface area (Å²) in [7, 11) is 0. The Labute approximate surface area is 109 Å². The molecule has 5 nitrogen and oxygen atoms in total. The number of hydrogen-bond acceptors (Lipinski definition) is 4. The van der Waals surface area contributed by atoms with Gasteiger partial charge in [-0.2, -0.15) is 0 Å². The largest absolute Gasteiger partial charge is 0.395 e. The molecule has 1 atom stereocenters. The van der Waals surface area contributed by atoms with Crippen LogP contribution >= 0.6 is 0 Å². The quantitative estimate of drug-likeness (QED) is 0.712. The Kier molecular flexibility index (Phi) is 5.41. The third kappa shape index (κ3) is 3.93. The molecule has 5 heteroatoms. The number of amides is 1. The van der Waals surface area contributed by atoms with Crippen LogP contribution in [0.1, 0.15) is 19.3 Å². The minimum atomic E-state index is 0.210. The molecule has 2 rings (SSSR count). The molecule has 1 unspecified atom stereocenters. The van der Waals surface area contributed by atoms with Crippen molar-refractivity contribution in [1.82, 2.24) is 15.1 Å². The summed E-state index contributed by atoms with van der Waals surface area (Å²) in [5, 5.41) is 12.2. The summed E-state index contributed by atoms with van der Waals surface area (Å²) in [4.78, 5) is 16.4. The Morgan fingerprint density at radius 2 is 2.06 bits per heavy atom.